The summed E-state index contributed by atoms with van der Waals surface area (Å²) >= 11 is 1.72. The van der Waals surface area contributed by atoms with Gasteiger partial charge in [-0.3, -0.25) is 4.79 Å². The number of carbonyl (C=O) groups is 1. The van der Waals surface area contributed by atoms with Crippen LogP contribution in [0.2, 0.25) is 0 Å². The van der Waals surface area contributed by atoms with Crippen molar-refractivity contribution in [3.05, 3.63) is 113 Å². The molecule has 4 aromatic rings. The predicted molar refractivity (Wildman–Crippen MR) is 124 cm³/mol. The van der Waals surface area contributed by atoms with E-state index in [1.807, 2.05) is 67.6 Å². The summed E-state index contributed by atoms with van der Waals surface area (Å²) in [6.07, 6.45) is 0. The Morgan fingerprint density at radius 1 is 0.833 bits per heavy atom. The van der Waals surface area contributed by atoms with Gasteiger partial charge in [0.1, 0.15) is 6.04 Å². The fraction of sp³-hybridized carbons (Fsp3) is 0.115. The van der Waals surface area contributed by atoms with Gasteiger partial charge in [-0.1, -0.05) is 84.9 Å². The van der Waals surface area contributed by atoms with E-state index in [0.29, 0.717) is 0 Å². The van der Waals surface area contributed by atoms with Crippen molar-refractivity contribution in [3.8, 4) is 11.1 Å². The van der Waals surface area contributed by atoms with E-state index in [9.17, 15) is 4.79 Å². The fourth-order valence-corrected chi connectivity index (χ4v) is 4.42. The Labute approximate surface area is 181 Å². The van der Waals surface area contributed by atoms with E-state index >= 15 is 0 Å². The lowest BCUT2D eigenvalue weighted by Crippen LogP contribution is -2.92. The minimum Gasteiger partial charge on any atom is -0.326 e. The summed E-state index contributed by atoms with van der Waals surface area (Å²) in [5, 5.41) is 7.37. The SMILES string of the molecule is C[C@H]([NH2+][C@H](c1ccccc1)c1cccs1)C(=O)Nc1ccccc1-c1ccccc1. The lowest BCUT2D eigenvalue weighted by molar-refractivity contribution is -0.703. The lowest BCUT2D eigenvalue weighted by atomic mass is 10.0. The minimum absolute atomic E-state index is 0.00383. The summed E-state index contributed by atoms with van der Waals surface area (Å²) in [7, 11) is 0. The first kappa shape index (κ1) is 20.1. The Morgan fingerprint density at radius 3 is 2.20 bits per heavy atom. The molecule has 0 spiro atoms. The monoisotopic (exact) mass is 413 g/mol. The number of carbonyl (C=O) groups excluding carboxylic acids is 1. The molecule has 1 heterocycles. The third-order valence-electron chi connectivity index (χ3n) is 5.17. The maximum atomic E-state index is 13.1. The summed E-state index contributed by atoms with van der Waals surface area (Å²) in [6.45, 7) is 1.96. The zero-order valence-electron chi connectivity index (χ0n) is 16.9. The van der Waals surface area contributed by atoms with Gasteiger partial charge in [-0.25, -0.2) is 0 Å². The van der Waals surface area contributed by atoms with Crippen LogP contribution >= 0.6 is 11.3 Å². The van der Waals surface area contributed by atoms with Crippen molar-refractivity contribution in [2.75, 3.05) is 5.32 Å². The van der Waals surface area contributed by atoms with Gasteiger partial charge in [-0.2, -0.15) is 0 Å². The highest BCUT2D eigenvalue weighted by atomic mass is 32.1. The van der Waals surface area contributed by atoms with E-state index in [0.717, 1.165) is 16.8 Å². The van der Waals surface area contributed by atoms with Gasteiger partial charge in [-0.15, -0.1) is 11.3 Å². The van der Waals surface area contributed by atoms with Crippen LogP contribution in [0.25, 0.3) is 11.1 Å². The molecular weight excluding hydrogens is 388 g/mol. The molecule has 0 aliphatic heterocycles. The second-order valence-electron chi connectivity index (χ2n) is 7.29. The fourth-order valence-electron chi connectivity index (χ4n) is 3.58. The van der Waals surface area contributed by atoms with E-state index in [2.05, 4.69) is 52.4 Å². The van der Waals surface area contributed by atoms with Crippen molar-refractivity contribution < 1.29 is 10.1 Å². The van der Waals surface area contributed by atoms with E-state index in [1.165, 1.54) is 10.4 Å². The highest BCUT2D eigenvalue weighted by Gasteiger charge is 2.26. The number of para-hydroxylation sites is 1. The van der Waals surface area contributed by atoms with Crippen LogP contribution in [0.1, 0.15) is 23.4 Å². The molecule has 30 heavy (non-hydrogen) atoms. The number of nitrogens with one attached hydrogen (secondary N) is 1. The van der Waals surface area contributed by atoms with Gasteiger partial charge >= 0.3 is 0 Å². The first-order valence-corrected chi connectivity index (χ1v) is 11.0. The zero-order valence-corrected chi connectivity index (χ0v) is 17.7. The molecule has 0 bridgehead atoms. The van der Waals surface area contributed by atoms with Crippen LogP contribution in [-0.4, -0.2) is 11.9 Å². The summed E-state index contributed by atoms with van der Waals surface area (Å²) < 4.78 is 0. The van der Waals surface area contributed by atoms with Crippen LogP contribution in [0.5, 0.6) is 0 Å². The van der Waals surface area contributed by atoms with Crippen molar-refractivity contribution in [3.63, 3.8) is 0 Å². The number of amides is 1. The second-order valence-corrected chi connectivity index (χ2v) is 8.27. The molecule has 2 atom stereocenters. The quantitative estimate of drug-likeness (QED) is 0.435. The minimum atomic E-state index is -0.249. The van der Waals surface area contributed by atoms with Gasteiger partial charge < -0.3 is 10.6 Å². The van der Waals surface area contributed by atoms with Crippen molar-refractivity contribution in [2.45, 2.75) is 19.0 Å². The van der Waals surface area contributed by atoms with Crippen molar-refractivity contribution >= 4 is 22.9 Å². The molecular formula is C26H25N2OS+. The molecule has 0 aliphatic rings. The van der Waals surface area contributed by atoms with Crippen LogP contribution in [-0.2, 0) is 4.79 Å². The normalized spacial score (nSPS) is 12.8. The van der Waals surface area contributed by atoms with Crippen molar-refractivity contribution in [1.29, 1.82) is 0 Å². The van der Waals surface area contributed by atoms with Gasteiger partial charge in [0.25, 0.3) is 5.91 Å². The third kappa shape index (κ3) is 4.67. The summed E-state index contributed by atoms with van der Waals surface area (Å²) in [5.41, 5.74) is 4.15. The van der Waals surface area contributed by atoms with Crippen LogP contribution < -0.4 is 10.6 Å². The maximum Gasteiger partial charge on any atom is 0.282 e. The molecule has 3 aromatic carbocycles. The Kier molecular flexibility index (Phi) is 6.38. The lowest BCUT2D eigenvalue weighted by Gasteiger charge is -2.20. The third-order valence-corrected chi connectivity index (χ3v) is 6.13. The molecule has 0 fully saturated rings. The van der Waals surface area contributed by atoms with Crippen LogP contribution in [0.15, 0.2) is 102 Å². The van der Waals surface area contributed by atoms with Gasteiger partial charge in [0.05, 0.1) is 4.88 Å². The Bertz CT molecular complexity index is 1080. The molecule has 150 valence electrons. The number of benzene rings is 3. The topological polar surface area (TPSA) is 45.7 Å². The standard InChI is InChI=1S/C26H24N2OS/c1-19(27-25(24-17-10-18-30-24)21-13-6-3-7-14-21)26(29)28-23-16-9-8-15-22(23)20-11-4-2-5-12-20/h2-19,25,27H,1H3,(H,28,29)/p+1/t19-,25+/m0/s1. The van der Waals surface area contributed by atoms with Gasteiger partial charge in [0.15, 0.2) is 6.04 Å². The van der Waals surface area contributed by atoms with Crippen molar-refractivity contribution in [1.82, 2.24) is 0 Å². The van der Waals surface area contributed by atoms with Crippen LogP contribution in [0.4, 0.5) is 5.69 Å². The van der Waals surface area contributed by atoms with E-state index in [1.54, 1.807) is 11.3 Å². The number of thiophene rings is 1. The smallest absolute Gasteiger partial charge is 0.282 e. The molecule has 0 saturated carbocycles. The molecule has 0 aliphatic carbocycles. The Hall–Kier alpha value is -3.21. The Balaban J connectivity index is 1.53. The average Bonchev–Trinajstić information content (AvgIpc) is 3.33. The van der Waals surface area contributed by atoms with Crippen LogP contribution in [0.3, 0.4) is 0 Å². The average molecular weight is 414 g/mol. The number of hydrogen-bond acceptors (Lipinski definition) is 2. The molecule has 1 aromatic heterocycles. The number of nitrogens with two attached hydrogens (primary N) is 1. The van der Waals surface area contributed by atoms with Gasteiger partial charge in [0.2, 0.25) is 0 Å². The second kappa shape index (κ2) is 9.53. The van der Waals surface area contributed by atoms with Gasteiger partial charge in [0, 0.05) is 16.8 Å². The summed E-state index contributed by atoms with van der Waals surface area (Å²) in [4.78, 5) is 14.3. The van der Waals surface area contributed by atoms with Crippen LogP contribution in [0, 0.1) is 0 Å². The van der Waals surface area contributed by atoms with E-state index in [-0.39, 0.29) is 18.0 Å². The summed E-state index contributed by atoms with van der Waals surface area (Å²) in [6, 6.07) is 32.5. The molecule has 4 rings (SSSR count). The molecule has 3 N–H and O–H groups in total. The number of rotatable bonds is 7. The molecule has 0 unspecified atom stereocenters. The number of quaternary nitrogens is 1. The van der Waals surface area contributed by atoms with E-state index < -0.39 is 0 Å². The predicted octanol–water partition coefficient (Wildman–Crippen LogP) is 5.10. The summed E-state index contributed by atoms with van der Waals surface area (Å²) in [5.74, 6) is -0.00383. The first-order chi connectivity index (χ1) is 14.7. The highest BCUT2D eigenvalue weighted by molar-refractivity contribution is 7.10. The molecule has 0 saturated heterocycles. The molecule has 0 radical (unpaired) electrons. The van der Waals surface area contributed by atoms with Crippen molar-refractivity contribution in [2.24, 2.45) is 0 Å². The van der Waals surface area contributed by atoms with Gasteiger partial charge in [-0.05, 0) is 30.0 Å². The first-order valence-electron chi connectivity index (χ1n) is 10.1. The zero-order chi connectivity index (χ0) is 20.8. The number of anilines is 1. The molecule has 1 amide bonds. The molecule has 4 heteroatoms. The maximum absolute atomic E-state index is 13.1. The number of hydrogen-bond donors (Lipinski definition) is 2. The van der Waals surface area contributed by atoms with E-state index in [4.69, 9.17) is 0 Å². The largest absolute Gasteiger partial charge is 0.326 e. The Morgan fingerprint density at radius 2 is 1.50 bits per heavy atom. The highest BCUT2D eigenvalue weighted by Crippen LogP contribution is 2.27. The molecule has 3 nitrogen and oxygen atoms in total.